The van der Waals surface area contributed by atoms with Gasteiger partial charge in [-0.15, -0.1) is 9.24 Å². The second kappa shape index (κ2) is 9.03. The molecular formula is C17H35O2P. The van der Waals surface area contributed by atoms with E-state index in [4.69, 9.17) is 4.74 Å². The predicted molar refractivity (Wildman–Crippen MR) is 91.1 cm³/mol. The first-order valence-electron chi connectivity index (χ1n) is 8.32. The van der Waals surface area contributed by atoms with Crippen molar-refractivity contribution in [3.8, 4) is 0 Å². The van der Waals surface area contributed by atoms with Crippen LogP contribution in [0.15, 0.2) is 0 Å². The van der Waals surface area contributed by atoms with Crippen LogP contribution < -0.4 is 0 Å². The van der Waals surface area contributed by atoms with Gasteiger partial charge in [0.25, 0.3) is 0 Å². The Morgan fingerprint density at radius 2 is 1.65 bits per heavy atom. The minimum atomic E-state index is -0.430. The lowest BCUT2D eigenvalue weighted by atomic mass is 9.78. The van der Waals surface area contributed by atoms with Gasteiger partial charge in [0, 0.05) is 0 Å². The SMILES string of the molecule is CC.CCCC(C)(P)C(=O)OC(C)(C)C1CCCCC1. The van der Waals surface area contributed by atoms with E-state index in [0.717, 1.165) is 12.8 Å². The molecule has 1 aliphatic carbocycles. The molecule has 0 aromatic heterocycles. The summed E-state index contributed by atoms with van der Waals surface area (Å²) in [6.07, 6.45) is 8.13. The summed E-state index contributed by atoms with van der Waals surface area (Å²) in [5, 5.41) is -0.430. The van der Waals surface area contributed by atoms with Gasteiger partial charge in [-0.3, -0.25) is 4.79 Å². The van der Waals surface area contributed by atoms with E-state index >= 15 is 0 Å². The van der Waals surface area contributed by atoms with Crippen molar-refractivity contribution < 1.29 is 9.53 Å². The summed E-state index contributed by atoms with van der Waals surface area (Å²) in [4.78, 5) is 12.3. The molecule has 1 saturated carbocycles. The Bertz CT molecular complexity index is 279. The number of hydrogen-bond donors (Lipinski definition) is 0. The molecular weight excluding hydrogens is 267 g/mol. The summed E-state index contributed by atoms with van der Waals surface area (Å²) in [5.41, 5.74) is -0.316. The van der Waals surface area contributed by atoms with Gasteiger partial charge < -0.3 is 4.74 Å². The molecule has 120 valence electrons. The first-order valence-corrected chi connectivity index (χ1v) is 8.89. The number of carbonyl (C=O) groups is 1. The molecule has 0 aromatic rings. The molecule has 0 radical (unpaired) electrons. The summed E-state index contributed by atoms with van der Waals surface area (Å²) in [7, 11) is 2.67. The monoisotopic (exact) mass is 302 g/mol. The molecule has 1 fully saturated rings. The summed E-state index contributed by atoms with van der Waals surface area (Å²) in [6, 6.07) is 0. The molecule has 0 aliphatic heterocycles. The van der Waals surface area contributed by atoms with Crippen LogP contribution in [-0.4, -0.2) is 16.7 Å². The van der Waals surface area contributed by atoms with E-state index in [9.17, 15) is 4.79 Å². The van der Waals surface area contributed by atoms with Crippen LogP contribution in [0.4, 0.5) is 0 Å². The first-order chi connectivity index (χ1) is 9.29. The summed E-state index contributed by atoms with van der Waals surface area (Å²) in [5.74, 6) is 0.461. The molecule has 2 nitrogen and oxygen atoms in total. The van der Waals surface area contributed by atoms with Crippen LogP contribution in [0.2, 0.25) is 0 Å². The van der Waals surface area contributed by atoms with Gasteiger partial charge in [-0.05, 0) is 46.0 Å². The van der Waals surface area contributed by atoms with E-state index in [0.29, 0.717) is 5.92 Å². The van der Waals surface area contributed by atoms with Crippen molar-refractivity contribution in [3.63, 3.8) is 0 Å². The van der Waals surface area contributed by atoms with Crippen LogP contribution in [0.25, 0.3) is 0 Å². The fraction of sp³-hybridized carbons (Fsp3) is 0.941. The molecule has 0 amide bonds. The number of ether oxygens (including phenoxy) is 1. The fourth-order valence-electron chi connectivity index (χ4n) is 2.86. The zero-order valence-electron chi connectivity index (χ0n) is 14.4. The van der Waals surface area contributed by atoms with E-state index in [-0.39, 0.29) is 11.6 Å². The highest BCUT2D eigenvalue weighted by molar-refractivity contribution is 7.20. The molecule has 0 heterocycles. The minimum absolute atomic E-state index is 0.0649. The third kappa shape index (κ3) is 6.12. The van der Waals surface area contributed by atoms with Gasteiger partial charge in [0.15, 0.2) is 0 Å². The van der Waals surface area contributed by atoms with Gasteiger partial charge in [-0.2, -0.15) is 0 Å². The van der Waals surface area contributed by atoms with Crippen LogP contribution in [0, 0.1) is 5.92 Å². The molecule has 0 spiro atoms. The number of hydrogen-bond acceptors (Lipinski definition) is 2. The van der Waals surface area contributed by atoms with E-state index < -0.39 is 5.16 Å². The molecule has 3 heteroatoms. The predicted octanol–water partition coefficient (Wildman–Crippen LogP) is 5.35. The van der Waals surface area contributed by atoms with Gasteiger partial charge in [0.1, 0.15) is 5.60 Å². The summed E-state index contributed by atoms with van der Waals surface area (Å²) < 4.78 is 5.83. The van der Waals surface area contributed by atoms with E-state index in [1.807, 2.05) is 20.8 Å². The zero-order chi connectivity index (χ0) is 15.8. The normalized spacial score (nSPS) is 19.6. The lowest BCUT2D eigenvalue weighted by Gasteiger charge is -2.38. The van der Waals surface area contributed by atoms with Crippen molar-refractivity contribution in [3.05, 3.63) is 0 Å². The van der Waals surface area contributed by atoms with Crippen molar-refractivity contribution in [2.24, 2.45) is 5.92 Å². The van der Waals surface area contributed by atoms with E-state index in [2.05, 4.69) is 30.0 Å². The number of carbonyl (C=O) groups excluding carboxylic acids is 1. The Morgan fingerprint density at radius 3 is 2.10 bits per heavy atom. The van der Waals surface area contributed by atoms with Crippen molar-refractivity contribution in [1.82, 2.24) is 0 Å². The smallest absolute Gasteiger partial charge is 0.316 e. The highest BCUT2D eigenvalue weighted by Gasteiger charge is 2.38. The van der Waals surface area contributed by atoms with Crippen LogP contribution in [0.5, 0.6) is 0 Å². The largest absolute Gasteiger partial charge is 0.459 e. The van der Waals surface area contributed by atoms with Crippen molar-refractivity contribution >= 4 is 15.2 Å². The number of rotatable bonds is 5. The van der Waals surface area contributed by atoms with Crippen molar-refractivity contribution in [2.45, 2.75) is 97.2 Å². The highest BCUT2D eigenvalue weighted by atomic mass is 31.0. The molecule has 0 N–H and O–H groups in total. The van der Waals surface area contributed by atoms with Crippen molar-refractivity contribution in [2.75, 3.05) is 0 Å². The lowest BCUT2D eigenvalue weighted by Crippen LogP contribution is -2.43. The standard InChI is InChI=1S/C15H29O2P.C2H6/c1-5-11-15(4,18)13(16)17-14(2,3)12-9-7-6-8-10-12;1-2/h12H,5-11,18H2,1-4H3;1-2H3. The van der Waals surface area contributed by atoms with Gasteiger partial charge in [-0.25, -0.2) is 0 Å². The second-order valence-corrected chi connectivity index (χ2v) is 7.77. The Hall–Kier alpha value is -0.100. The third-order valence-corrected chi connectivity index (χ3v) is 4.70. The summed E-state index contributed by atoms with van der Waals surface area (Å²) >= 11 is 0. The first kappa shape index (κ1) is 19.9. The van der Waals surface area contributed by atoms with Gasteiger partial charge >= 0.3 is 5.97 Å². The molecule has 20 heavy (non-hydrogen) atoms. The maximum Gasteiger partial charge on any atom is 0.316 e. The van der Waals surface area contributed by atoms with Crippen LogP contribution in [0.1, 0.15) is 86.5 Å². The average molecular weight is 302 g/mol. The molecule has 0 aromatic carbocycles. The fourth-order valence-corrected chi connectivity index (χ4v) is 3.21. The van der Waals surface area contributed by atoms with Crippen LogP contribution >= 0.6 is 9.24 Å². The average Bonchev–Trinajstić information content (AvgIpc) is 2.41. The summed E-state index contributed by atoms with van der Waals surface area (Å²) in [6.45, 7) is 12.2. The molecule has 1 rings (SSSR count). The van der Waals surface area contributed by atoms with E-state index in [1.54, 1.807) is 0 Å². The van der Waals surface area contributed by atoms with E-state index in [1.165, 1.54) is 32.1 Å². The van der Waals surface area contributed by atoms with Gasteiger partial charge in [0.2, 0.25) is 0 Å². The maximum atomic E-state index is 12.3. The molecule has 1 aliphatic rings. The topological polar surface area (TPSA) is 26.3 Å². The van der Waals surface area contributed by atoms with Gasteiger partial charge in [-0.1, -0.05) is 46.5 Å². The van der Waals surface area contributed by atoms with Crippen molar-refractivity contribution in [1.29, 1.82) is 0 Å². The Labute approximate surface area is 128 Å². The Balaban J connectivity index is 0.00000172. The second-order valence-electron chi connectivity index (χ2n) is 6.50. The molecule has 0 bridgehead atoms. The maximum absolute atomic E-state index is 12.3. The lowest BCUT2D eigenvalue weighted by molar-refractivity contribution is -0.166. The highest BCUT2D eigenvalue weighted by Crippen LogP contribution is 2.37. The quantitative estimate of drug-likeness (QED) is 0.505. The molecule has 2 atom stereocenters. The van der Waals surface area contributed by atoms with Crippen LogP contribution in [-0.2, 0) is 9.53 Å². The minimum Gasteiger partial charge on any atom is -0.459 e. The van der Waals surface area contributed by atoms with Crippen LogP contribution in [0.3, 0.4) is 0 Å². The van der Waals surface area contributed by atoms with Gasteiger partial charge in [0.05, 0.1) is 5.16 Å². The molecule has 0 saturated heterocycles. The Morgan fingerprint density at radius 1 is 1.15 bits per heavy atom. The Kier molecular flexibility index (Phi) is 8.98. The third-order valence-electron chi connectivity index (χ3n) is 4.18. The zero-order valence-corrected chi connectivity index (χ0v) is 15.6. The molecule has 2 unspecified atom stereocenters. The number of esters is 1.